The third-order valence-electron chi connectivity index (χ3n) is 1.74. The van der Waals surface area contributed by atoms with Gasteiger partial charge in [0.1, 0.15) is 0 Å². The predicted octanol–water partition coefficient (Wildman–Crippen LogP) is 1.40. The zero-order chi connectivity index (χ0) is 10.6. The first-order valence-corrected chi connectivity index (χ1v) is 4.44. The van der Waals surface area contributed by atoms with E-state index in [-0.39, 0.29) is 5.91 Å². The molecule has 1 atom stereocenters. The van der Waals surface area contributed by atoms with E-state index >= 15 is 0 Å². The number of amides is 1. The van der Waals surface area contributed by atoms with E-state index in [1.165, 1.54) is 6.92 Å². The fraction of sp³-hybridized carbons (Fsp3) is 0.273. The fourth-order valence-electron chi connectivity index (χ4n) is 1.18. The van der Waals surface area contributed by atoms with Gasteiger partial charge in [0.25, 0.3) is 0 Å². The number of carbonyl (C=O) groups is 1. The smallest absolute Gasteiger partial charge is 0.242 e. The highest BCUT2D eigenvalue weighted by Gasteiger charge is 2.09. The van der Waals surface area contributed by atoms with Crippen LogP contribution in [-0.4, -0.2) is 22.8 Å². The largest absolute Gasteiger partial charge is 0.387 e. The average Bonchev–Trinajstić information content (AvgIpc) is 2.15. The van der Waals surface area contributed by atoms with Gasteiger partial charge in [-0.3, -0.25) is 4.79 Å². The Hall–Kier alpha value is -1.48. The van der Waals surface area contributed by atoms with Crippen LogP contribution in [0.3, 0.4) is 0 Å². The summed E-state index contributed by atoms with van der Waals surface area (Å²) >= 11 is 0. The second kappa shape index (κ2) is 4.67. The molecule has 0 aliphatic carbocycles. The van der Waals surface area contributed by atoms with Gasteiger partial charge in [-0.2, -0.15) is 0 Å². The minimum absolute atomic E-state index is 0.301. The molecule has 0 heterocycles. The lowest BCUT2D eigenvalue weighted by Gasteiger charge is -2.08. The van der Waals surface area contributed by atoms with Crippen molar-refractivity contribution in [1.82, 2.24) is 0 Å². The van der Waals surface area contributed by atoms with Crippen LogP contribution in [-0.2, 0) is 4.79 Å². The van der Waals surface area contributed by atoms with Gasteiger partial charge in [0.15, 0.2) is 0 Å². The second-order valence-electron chi connectivity index (χ2n) is 3.06. The minimum Gasteiger partial charge on any atom is -0.387 e. The summed E-state index contributed by atoms with van der Waals surface area (Å²) in [5.41, 5.74) is 1.19. The Morgan fingerprint density at radius 1 is 1.36 bits per heavy atom. The molecule has 1 unspecified atom stereocenters. The summed E-state index contributed by atoms with van der Waals surface area (Å²) in [5.74, 6) is -0.301. The molecule has 0 saturated carbocycles. The Morgan fingerprint density at radius 3 is 2.36 bits per heavy atom. The van der Waals surface area contributed by atoms with Crippen LogP contribution in [0, 0.1) is 0 Å². The van der Waals surface area contributed by atoms with Crippen LogP contribution in [0.5, 0.6) is 0 Å². The molecule has 0 aromatic heterocycles. The van der Waals surface area contributed by atoms with Gasteiger partial charge < -0.3 is 5.11 Å². The van der Waals surface area contributed by atoms with Crippen molar-refractivity contribution in [3.05, 3.63) is 35.9 Å². The summed E-state index contributed by atoms with van der Waals surface area (Å²) in [4.78, 5) is 14.6. The molecule has 1 N–H and O–H groups in total. The maximum Gasteiger partial charge on any atom is 0.242 e. The minimum atomic E-state index is -0.735. The van der Waals surface area contributed by atoms with Crippen LogP contribution in [0.1, 0.15) is 19.4 Å². The predicted molar refractivity (Wildman–Crippen MR) is 55.3 cm³/mol. The van der Waals surface area contributed by atoms with Crippen molar-refractivity contribution >= 4 is 11.6 Å². The number of carbonyl (C=O) groups excluding carboxylic acids is 1. The number of aliphatic hydroxyl groups is 1. The van der Waals surface area contributed by atoms with Crippen LogP contribution in [0.25, 0.3) is 0 Å². The third kappa shape index (κ3) is 2.78. The Morgan fingerprint density at radius 2 is 1.93 bits per heavy atom. The van der Waals surface area contributed by atoms with Crippen molar-refractivity contribution in [3.8, 4) is 0 Å². The first kappa shape index (κ1) is 10.6. The number of rotatable bonds is 2. The molecular weight excluding hydrogens is 178 g/mol. The number of aliphatic imine (C=N–C) groups is 1. The van der Waals surface area contributed by atoms with Gasteiger partial charge in [-0.1, -0.05) is 30.3 Å². The molecule has 1 amide bonds. The lowest BCUT2D eigenvalue weighted by atomic mass is 10.1. The molecule has 0 saturated heterocycles. The number of hydrogen-bond donors (Lipinski definition) is 1. The van der Waals surface area contributed by atoms with Gasteiger partial charge in [-0.15, -0.1) is 0 Å². The van der Waals surface area contributed by atoms with E-state index in [0.717, 1.165) is 5.56 Å². The highest BCUT2D eigenvalue weighted by atomic mass is 16.3. The zero-order valence-corrected chi connectivity index (χ0v) is 8.27. The molecule has 1 aromatic rings. The SMILES string of the molecule is CC(=O)N=C(c1ccccc1)C(C)O. The Bertz CT molecular complexity index is 342. The number of nitrogens with zero attached hydrogens (tertiary/aromatic N) is 1. The standard InChI is InChI=1S/C11H13NO2/c1-8(13)11(12-9(2)14)10-6-4-3-5-7-10/h3-8,13H,1-2H3. The molecular formula is C11H13NO2. The Balaban J connectivity index is 3.08. The Labute approximate surface area is 83.1 Å². The summed E-state index contributed by atoms with van der Waals surface area (Å²) in [6, 6.07) is 9.18. The molecule has 14 heavy (non-hydrogen) atoms. The zero-order valence-electron chi connectivity index (χ0n) is 8.27. The maximum atomic E-state index is 10.8. The van der Waals surface area contributed by atoms with E-state index in [0.29, 0.717) is 5.71 Å². The fourth-order valence-corrected chi connectivity index (χ4v) is 1.18. The highest BCUT2D eigenvalue weighted by Crippen LogP contribution is 2.05. The van der Waals surface area contributed by atoms with Gasteiger partial charge >= 0.3 is 0 Å². The molecule has 74 valence electrons. The van der Waals surface area contributed by atoms with Crippen molar-refractivity contribution in [2.75, 3.05) is 0 Å². The van der Waals surface area contributed by atoms with E-state index in [4.69, 9.17) is 0 Å². The van der Waals surface area contributed by atoms with E-state index in [2.05, 4.69) is 4.99 Å². The summed E-state index contributed by atoms with van der Waals surface area (Å²) in [5, 5.41) is 9.43. The van der Waals surface area contributed by atoms with Crippen molar-refractivity contribution < 1.29 is 9.90 Å². The first-order valence-electron chi connectivity index (χ1n) is 4.44. The van der Waals surface area contributed by atoms with E-state index in [1.54, 1.807) is 6.92 Å². The summed E-state index contributed by atoms with van der Waals surface area (Å²) in [6.07, 6.45) is -0.735. The van der Waals surface area contributed by atoms with Crippen molar-refractivity contribution in [3.63, 3.8) is 0 Å². The lowest BCUT2D eigenvalue weighted by Crippen LogP contribution is -2.18. The van der Waals surface area contributed by atoms with Crippen molar-refractivity contribution in [1.29, 1.82) is 0 Å². The molecule has 1 rings (SSSR count). The van der Waals surface area contributed by atoms with Crippen LogP contribution in [0.15, 0.2) is 35.3 Å². The molecule has 0 radical (unpaired) electrons. The summed E-state index contributed by atoms with van der Waals surface area (Å²) < 4.78 is 0. The molecule has 0 fully saturated rings. The monoisotopic (exact) mass is 191 g/mol. The van der Waals surface area contributed by atoms with Crippen molar-refractivity contribution in [2.45, 2.75) is 20.0 Å². The molecule has 3 heteroatoms. The first-order chi connectivity index (χ1) is 6.61. The van der Waals surface area contributed by atoms with Crippen LogP contribution in [0.4, 0.5) is 0 Å². The van der Waals surface area contributed by atoms with Crippen LogP contribution in [0.2, 0.25) is 0 Å². The summed E-state index contributed by atoms with van der Waals surface area (Å²) in [7, 11) is 0. The molecule has 3 nitrogen and oxygen atoms in total. The average molecular weight is 191 g/mol. The second-order valence-corrected chi connectivity index (χ2v) is 3.06. The van der Waals surface area contributed by atoms with Gasteiger partial charge in [-0.05, 0) is 12.5 Å². The van der Waals surface area contributed by atoms with Gasteiger partial charge in [0.2, 0.25) is 5.91 Å². The quantitative estimate of drug-likeness (QED) is 0.718. The molecule has 0 aliphatic heterocycles. The van der Waals surface area contributed by atoms with Crippen molar-refractivity contribution in [2.24, 2.45) is 4.99 Å². The Kier molecular flexibility index (Phi) is 3.54. The number of aliphatic hydroxyl groups excluding tert-OH is 1. The summed E-state index contributed by atoms with van der Waals surface area (Å²) in [6.45, 7) is 2.96. The highest BCUT2D eigenvalue weighted by molar-refractivity contribution is 6.08. The van der Waals surface area contributed by atoms with Gasteiger partial charge in [-0.25, -0.2) is 4.99 Å². The molecule has 1 aromatic carbocycles. The molecule has 0 bridgehead atoms. The van der Waals surface area contributed by atoms with Crippen LogP contribution < -0.4 is 0 Å². The number of hydrogen-bond acceptors (Lipinski definition) is 2. The normalized spacial score (nSPS) is 13.8. The van der Waals surface area contributed by atoms with E-state index < -0.39 is 6.10 Å². The number of benzene rings is 1. The van der Waals surface area contributed by atoms with Gasteiger partial charge in [0, 0.05) is 6.92 Å². The van der Waals surface area contributed by atoms with E-state index in [1.807, 2.05) is 30.3 Å². The topological polar surface area (TPSA) is 49.7 Å². The lowest BCUT2D eigenvalue weighted by molar-refractivity contribution is -0.115. The van der Waals surface area contributed by atoms with E-state index in [9.17, 15) is 9.90 Å². The van der Waals surface area contributed by atoms with Crippen LogP contribution >= 0.6 is 0 Å². The molecule has 0 aliphatic rings. The molecule has 0 spiro atoms. The maximum absolute atomic E-state index is 10.8. The van der Waals surface area contributed by atoms with Gasteiger partial charge in [0.05, 0.1) is 11.8 Å². The third-order valence-corrected chi connectivity index (χ3v) is 1.74.